The molecule has 2 aliphatic rings. The molecule has 2 bridgehead atoms. The molecule has 32 heavy (non-hydrogen) atoms. The summed E-state index contributed by atoms with van der Waals surface area (Å²) in [6.45, 7) is 0. The minimum atomic E-state index is -4.45. The standard InChI is InChI=1S/C23H24F3N5O/c1-31-15-4-5-16(31)11-14(10-15)28-22-19-12-27-8-7-17(19)21(29-30-22)18-6-3-13(23(24,25)26)9-20(18)32-2/h3,6-9,12,14-16H,4-5,10-11H2,1-2H3,(H,28,30). The van der Waals surface area contributed by atoms with Gasteiger partial charge in [0.05, 0.1) is 12.7 Å². The summed E-state index contributed by atoms with van der Waals surface area (Å²) in [7, 11) is 3.55. The van der Waals surface area contributed by atoms with Crippen LogP contribution in [0.4, 0.5) is 19.0 Å². The van der Waals surface area contributed by atoms with Gasteiger partial charge in [0, 0.05) is 46.9 Å². The number of rotatable bonds is 4. The number of hydrogen-bond donors (Lipinski definition) is 1. The molecular formula is C23H24F3N5O. The minimum Gasteiger partial charge on any atom is -0.496 e. The highest BCUT2D eigenvalue weighted by Crippen LogP contribution is 2.40. The molecule has 2 aromatic heterocycles. The Hall–Kier alpha value is -2.94. The van der Waals surface area contributed by atoms with Crippen LogP contribution in [0.15, 0.2) is 36.7 Å². The summed E-state index contributed by atoms with van der Waals surface area (Å²) in [4.78, 5) is 6.72. The normalized spacial score (nSPS) is 23.5. The van der Waals surface area contributed by atoms with Gasteiger partial charge >= 0.3 is 6.18 Å². The van der Waals surface area contributed by atoms with Gasteiger partial charge in [-0.15, -0.1) is 10.2 Å². The van der Waals surface area contributed by atoms with Crippen LogP contribution in [0.1, 0.15) is 31.2 Å². The van der Waals surface area contributed by atoms with Crippen molar-refractivity contribution in [3.8, 4) is 17.0 Å². The van der Waals surface area contributed by atoms with Crippen LogP contribution in [-0.4, -0.2) is 52.4 Å². The summed E-state index contributed by atoms with van der Waals surface area (Å²) in [5.41, 5.74) is 0.141. The number of piperidine rings is 1. The number of hydrogen-bond acceptors (Lipinski definition) is 6. The number of pyridine rings is 1. The summed E-state index contributed by atoms with van der Waals surface area (Å²) >= 11 is 0. The Balaban J connectivity index is 1.52. The summed E-state index contributed by atoms with van der Waals surface area (Å²) < 4.78 is 44.7. The molecule has 5 rings (SSSR count). The van der Waals surface area contributed by atoms with Crippen LogP contribution in [0.3, 0.4) is 0 Å². The first-order valence-electron chi connectivity index (χ1n) is 10.7. The van der Waals surface area contributed by atoms with Gasteiger partial charge in [-0.2, -0.15) is 13.2 Å². The number of ether oxygens (including phenoxy) is 1. The topological polar surface area (TPSA) is 63.2 Å². The number of methoxy groups -OCH3 is 1. The van der Waals surface area contributed by atoms with E-state index in [2.05, 4.69) is 32.4 Å². The molecule has 1 N–H and O–H groups in total. The molecule has 9 heteroatoms. The van der Waals surface area contributed by atoms with Crippen molar-refractivity contribution in [2.24, 2.45) is 0 Å². The number of nitrogens with one attached hydrogen (secondary N) is 1. The second-order valence-corrected chi connectivity index (χ2v) is 8.59. The maximum Gasteiger partial charge on any atom is 0.416 e. The van der Waals surface area contributed by atoms with Gasteiger partial charge in [-0.25, -0.2) is 0 Å². The van der Waals surface area contributed by atoms with Crippen LogP contribution < -0.4 is 10.1 Å². The lowest BCUT2D eigenvalue weighted by atomic mass is 9.97. The van der Waals surface area contributed by atoms with Crippen LogP contribution >= 0.6 is 0 Å². The first-order valence-corrected chi connectivity index (χ1v) is 10.7. The number of anilines is 1. The predicted octanol–water partition coefficient (Wildman–Crippen LogP) is 4.76. The van der Waals surface area contributed by atoms with E-state index in [1.165, 1.54) is 26.0 Å². The first kappa shape index (κ1) is 20.9. The van der Waals surface area contributed by atoms with Gasteiger partial charge in [0.2, 0.25) is 0 Å². The number of nitrogens with zero attached hydrogens (tertiary/aromatic N) is 4. The van der Waals surface area contributed by atoms with E-state index >= 15 is 0 Å². The highest BCUT2D eigenvalue weighted by atomic mass is 19.4. The van der Waals surface area contributed by atoms with E-state index in [9.17, 15) is 13.2 Å². The molecule has 6 nitrogen and oxygen atoms in total. The number of halogens is 3. The lowest BCUT2D eigenvalue weighted by Gasteiger charge is -2.36. The van der Waals surface area contributed by atoms with Crippen molar-refractivity contribution >= 4 is 16.6 Å². The summed E-state index contributed by atoms with van der Waals surface area (Å²) in [6.07, 6.45) is 3.44. The lowest BCUT2D eigenvalue weighted by Crippen LogP contribution is -2.44. The molecule has 0 amide bonds. The van der Waals surface area contributed by atoms with E-state index in [4.69, 9.17) is 4.74 Å². The minimum absolute atomic E-state index is 0.0971. The molecule has 2 aliphatic heterocycles. The molecule has 0 radical (unpaired) electrons. The number of aromatic nitrogens is 3. The fourth-order valence-corrected chi connectivity index (χ4v) is 5.09. The van der Waals surface area contributed by atoms with Crippen LogP contribution in [0.5, 0.6) is 5.75 Å². The molecule has 3 aromatic rings. The molecule has 2 unspecified atom stereocenters. The molecule has 0 saturated carbocycles. The summed E-state index contributed by atoms with van der Waals surface area (Å²) in [5, 5.41) is 13.9. The van der Waals surface area contributed by atoms with E-state index < -0.39 is 11.7 Å². The fraction of sp³-hybridized carbons (Fsp3) is 0.435. The maximum absolute atomic E-state index is 13.1. The highest BCUT2D eigenvalue weighted by molar-refractivity contribution is 6.00. The number of fused-ring (bicyclic) bond motifs is 3. The zero-order chi connectivity index (χ0) is 22.5. The molecule has 2 saturated heterocycles. The maximum atomic E-state index is 13.1. The van der Waals surface area contributed by atoms with Crippen molar-refractivity contribution in [2.45, 2.75) is 50.0 Å². The van der Waals surface area contributed by atoms with Crippen molar-refractivity contribution < 1.29 is 17.9 Å². The Morgan fingerprint density at radius 2 is 1.81 bits per heavy atom. The molecular weight excluding hydrogens is 419 g/mol. The molecule has 2 atom stereocenters. The second kappa shape index (κ2) is 7.88. The average molecular weight is 443 g/mol. The van der Waals surface area contributed by atoms with Gasteiger partial charge in [-0.3, -0.25) is 4.98 Å². The van der Waals surface area contributed by atoms with Crippen molar-refractivity contribution in [1.82, 2.24) is 20.1 Å². The summed E-state index contributed by atoms with van der Waals surface area (Å²) in [5.74, 6) is 0.747. The van der Waals surface area contributed by atoms with Gasteiger partial charge in [-0.1, -0.05) is 0 Å². The Morgan fingerprint density at radius 1 is 1.06 bits per heavy atom. The van der Waals surface area contributed by atoms with Crippen molar-refractivity contribution in [1.29, 1.82) is 0 Å². The third-order valence-electron chi connectivity index (χ3n) is 6.80. The number of benzene rings is 1. The van der Waals surface area contributed by atoms with Crippen LogP contribution in [0.25, 0.3) is 22.0 Å². The van der Waals surface area contributed by atoms with Crippen LogP contribution in [-0.2, 0) is 6.18 Å². The molecule has 168 valence electrons. The van der Waals surface area contributed by atoms with E-state index in [0.717, 1.165) is 35.7 Å². The fourth-order valence-electron chi connectivity index (χ4n) is 5.09. The van der Waals surface area contributed by atoms with Crippen LogP contribution in [0.2, 0.25) is 0 Å². The molecule has 4 heterocycles. The largest absolute Gasteiger partial charge is 0.496 e. The van der Waals surface area contributed by atoms with Crippen LogP contribution in [0, 0.1) is 0 Å². The van der Waals surface area contributed by atoms with Crippen molar-refractivity contribution in [3.05, 3.63) is 42.2 Å². The number of alkyl halides is 3. The smallest absolute Gasteiger partial charge is 0.416 e. The van der Waals surface area contributed by atoms with Crippen molar-refractivity contribution in [2.75, 3.05) is 19.5 Å². The van der Waals surface area contributed by atoms with E-state index in [0.29, 0.717) is 35.2 Å². The van der Waals surface area contributed by atoms with E-state index in [-0.39, 0.29) is 5.75 Å². The highest BCUT2D eigenvalue weighted by Gasteiger charge is 2.38. The van der Waals surface area contributed by atoms with Crippen molar-refractivity contribution in [3.63, 3.8) is 0 Å². The third kappa shape index (κ3) is 3.64. The Bertz CT molecular complexity index is 1140. The first-order chi connectivity index (χ1) is 15.3. The SMILES string of the molecule is COc1cc(C(F)(F)F)ccc1-c1nnc(NC2CC3CCC(C2)N3C)c2cnccc12. The Labute approximate surface area is 183 Å². The molecule has 1 aromatic carbocycles. The summed E-state index contributed by atoms with van der Waals surface area (Å²) in [6, 6.07) is 6.68. The Kier molecular flexibility index (Phi) is 5.16. The van der Waals surface area contributed by atoms with Gasteiger partial charge in [0.25, 0.3) is 0 Å². The van der Waals surface area contributed by atoms with Gasteiger partial charge in [-0.05, 0) is 57.0 Å². The second-order valence-electron chi connectivity index (χ2n) is 8.59. The van der Waals surface area contributed by atoms with Gasteiger partial charge in [0.15, 0.2) is 5.82 Å². The molecule has 2 fully saturated rings. The third-order valence-corrected chi connectivity index (χ3v) is 6.80. The average Bonchev–Trinajstić information content (AvgIpc) is 2.98. The molecule has 0 spiro atoms. The zero-order valence-corrected chi connectivity index (χ0v) is 17.9. The quantitative estimate of drug-likeness (QED) is 0.628. The van der Waals surface area contributed by atoms with Gasteiger partial charge in [0.1, 0.15) is 11.4 Å². The van der Waals surface area contributed by atoms with E-state index in [1.807, 2.05) is 0 Å². The monoisotopic (exact) mass is 443 g/mol. The van der Waals surface area contributed by atoms with Gasteiger partial charge < -0.3 is 15.0 Å². The Morgan fingerprint density at radius 3 is 2.50 bits per heavy atom. The lowest BCUT2D eigenvalue weighted by molar-refractivity contribution is -0.137. The molecule has 0 aliphatic carbocycles. The zero-order valence-electron chi connectivity index (χ0n) is 17.9. The predicted molar refractivity (Wildman–Crippen MR) is 116 cm³/mol. The van der Waals surface area contributed by atoms with E-state index in [1.54, 1.807) is 18.5 Å².